The molecule has 2 aromatic rings. The molecule has 1 aromatic carbocycles. The summed E-state index contributed by atoms with van der Waals surface area (Å²) in [7, 11) is 0. The highest BCUT2D eigenvalue weighted by Gasteiger charge is 2.32. The van der Waals surface area contributed by atoms with E-state index in [9.17, 15) is 9.90 Å². The van der Waals surface area contributed by atoms with Crippen molar-refractivity contribution in [2.24, 2.45) is 0 Å². The minimum absolute atomic E-state index is 0.201. The van der Waals surface area contributed by atoms with E-state index in [4.69, 9.17) is 11.6 Å². The molecular weight excluding hydrogens is 326 g/mol. The van der Waals surface area contributed by atoms with Crippen LogP contribution in [0, 0.1) is 6.92 Å². The summed E-state index contributed by atoms with van der Waals surface area (Å²) >= 11 is 5.85. The lowest BCUT2D eigenvalue weighted by Gasteiger charge is -2.38. The second-order valence-corrected chi connectivity index (χ2v) is 7.12. The predicted octanol–water partition coefficient (Wildman–Crippen LogP) is 4.94. The van der Waals surface area contributed by atoms with Crippen LogP contribution in [0.4, 0.5) is 4.79 Å². The lowest BCUT2D eigenvalue weighted by Crippen LogP contribution is -2.46. The molecule has 0 radical (unpaired) electrons. The van der Waals surface area contributed by atoms with Crippen LogP contribution >= 0.6 is 11.6 Å². The molecule has 1 unspecified atom stereocenters. The number of nitrogens with zero attached hydrogens (tertiary/aromatic N) is 3. The summed E-state index contributed by atoms with van der Waals surface area (Å²) in [6.07, 6.45) is 0.684. The van der Waals surface area contributed by atoms with Crippen molar-refractivity contribution in [3.63, 3.8) is 0 Å². The Hall–Kier alpha value is -2.14. The van der Waals surface area contributed by atoms with E-state index in [-0.39, 0.29) is 11.3 Å². The fraction of sp³-hybridized carbons (Fsp3) is 0.389. The minimum Gasteiger partial charge on any atom is -0.465 e. The first-order valence-electron chi connectivity index (χ1n) is 7.73. The van der Waals surface area contributed by atoms with Gasteiger partial charge in [-0.05, 0) is 69.5 Å². The van der Waals surface area contributed by atoms with Crippen molar-refractivity contribution in [2.45, 2.75) is 46.2 Å². The topological polar surface area (TPSA) is 66.3 Å². The first kappa shape index (κ1) is 18.2. The van der Waals surface area contributed by atoms with Gasteiger partial charge in [0, 0.05) is 17.3 Å². The van der Waals surface area contributed by atoms with Gasteiger partial charge in [0.05, 0.1) is 11.7 Å². The average Bonchev–Trinajstić information content (AvgIpc) is 2.45. The Labute approximate surface area is 147 Å². The van der Waals surface area contributed by atoms with Crippen molar-refractivity contribution in [3.05, 3.63) is 46.9 Å². The van der Waals surface area contributed by atoms with Crippen LogP contribution in [0.1, 0.15) is 44.9 Å². The van der Waals surface area contributed by atoms with Gasteiger partial charge in [0.2, 0.25) is 5.28 Å². The fourth-order valence-corrected chi connectivity index (χ4v) is 3.12. The number of aryl methyl sites for hydroxylation is 1. The van der Waals surface area contributed by atoms with Crippen LogP contribution in [0.2, 0.25) is 5.28 Å². The van der Waals surface area contributed by atoms with Gasteiger partial charge in [-0.15, -0.1) is 0 Å². The summed E-state index contributed by atoms with van der Waals surface area (Å²) in [6.45, 7) is 9.56. The number of hydrogen-bond acceptors (Lipinski definition) is 3. The molecule has 5 nitrogen and oxygen atoms in total. The normalized spacial score (nSPS) is 12.8. The molecule has 0 saturated heterocycles. The van der Waals surface area contributed by atoms with Crippen molar-refractivity contribution in [1.29, 1.82) is 0 Å². The van der Waals surface area contributed by atoms with Crippen molar-refractivity contribution >= 4 is 17.7 Å². The molecule has 1 heterocycles. The highest BCUT2D eigenvalue weighted by molar-refractivity contribution is 6.28. The first-order valence-corrected chi connectivity index (χ1v) is 8.11. The maximum Gasteiger partial charge on any atom is 0.408 e. The van der Waals surface area contributed by atoms with Crippen LogP contribution in [0.3, 0.4) is 0 Å². The second kappa shape index (κ2) is 6.77. The molecule has 0 aliphatic carbocycles. The monoisotopic (exact) mass is 347 g/mol. The van der Waals surface area contributed by atoms with Gasteiger partial charge in [-0.2, -0.15) is 0 Å². The van der Waals surface area contributed by atoms with Gasteiger partial charge in [0.25, 0.3) is 0 Å². The lowest BCUT2D eigenvalue weighted by atomic mass is 9.94. The van der Waals surface area contributed by atoms with Crippen LogP contribution in [0.25, 0.3) is 11.3 Å². The summed E-state index contributed by atoms with van der Waals surface area (Å²) in [5, 5.41) is 9.79. The van der Waals surface area contributed by atoms with Crippen LogP contribution in [0.15, 0.2) is 30.5 Å². The van der Waals surface area contributed by atoms with Gasteiger partial charge in [0.1, 0.15) is 0 Å². The fourth-order valence-electron chi connectivity index (χ4n) is 2.97. The number of halogens is 1. The third kappa shape index (κ3) is 3.85. The van der Waals surface area contributed by atoms with Crippen LogP contribution < -0.4 is 0 Å². The van der Waals surface area contributed by atoms with Crippen LogP contribution in [-0.2, 0) is 0 Å². The molecule has 0 spiro atoms. The smallest absolute Gasteiger partial charge is 0.408 e. The van der Waals surface area contributed by atoms with E-state index < -0.39 is 11.6 Å². The summed E-state index contributed by atoms with van der Waals surface area (Å²) in [6, 6.07) is 7.41. The molecule has 0 fully saturated rings. The average molecular weight is 348 g/mol. The molecule has 6 heteroatoms. The summed E-state index contributed by atoms with van der Waals surface area (Å²) < 4.78 is 0. The third-order valence-electron chi connectivity index (χ3n) is 3.96. The molecule has 1 amide bonds. The minimum atomic E-state index is -0.930. The molecule has 0 aliphatic rings. The summed E-state index contributed by atoms with van der Waals surface area (Å²) in [4.78, 5) is 21.3. The van der Waals surface area contributed by atoms with Crippen molar-refractivity contribution < 1.29 is 9.90 Å². The number of rotatable bonds is 3. The number of carboxylic acid groups (broad SMARTS) is 1. The SMILES string of the molecule is Cc1cc(-c2ccnc(Cl)n2)ccc1C(C)N(C(=O)O)C(C)(C)C. The maximum absolute atomic E-state index is 11.7. The van der Waals surface area contributed by atoms with E-state index >= 15 is 0 Å². The zero-order valence-corrected chi connectivity index (χ0v) is 15.3. The molecule has 1 aromatic heterocycles. The number of hydrogen-bond donors (Lipinski definition) is 1. The van der Waals surface area contributed by atoms with Crippen molar-refractivity contribution in [2.75, 3.05) is 0 Å². The zero-order valence-electron chi connectivity index (χ0n) is 14.5. The van der Waals surface area contributed by atoms with Gasteiger partial charge in [-0.3, -0.25) is 4.90 Å². The van der Waals surface area contributed by atoms with Gasteiger partial charge in [-0.1, -0.05) is 12.1 Å². The van der Waals surface area contributed by atoms with E-state index in [1.807, 2.05) is 52.8 Å². The molecule has 128 valence electrons. The molecular formula is C18H22ClN3O2. The van der Waals surface area contributed by atoms with E-state index in [1.165, 1.54) is 4.90 Å². The van der Waals surface area contributed by atoms with Crippen LogP contribution in [-0.4, -0.2) is 31.6 Å². The van der Waals surface area contributed by atoms with E-state index in [0.717, 1.165) is 22.4 Å². The summed E-state index contributed by atoms with van der Waals surface area (Å²) in [5.74, 6) is 0. The molecule has 24 heavy (non-hydrogen) atoms. The molecule has 0 saturated carbocycles. The van der Waals surface area contributed by atoms with E-state index in [2.05, 4.69) is 9.97 Å². The summed E-state index contributed by atoms with van der Waals surface area (Å²) in [5.41, 5.74) is 3.14. The van der Waals surface area contributed by atoms with Crippen LogP contribution in [0.5, 0.6) is 0 Å². The quantitative estimate of drug-likeness (QED) is 0.798. The number of benzene rings is 1. The Balaban J connectivity index is 2.41. The molecule has 2 rings (SSSR count). The van der Waals surface area contributed by atoms with Gasteiger partial charge < -0.3 is 5.11 Å². The first-order chi connectivity index (χ1) is 11.1. The Morgan fingerprint density at radius 2 is 1.96 bits per heavy atom. The number of carbonyl (C=O) groups is 1. The molecule has 0 aliphatic heterocycles. The number of amides is 1. The van der Waals surface area contributed by atoms with Gasteiger partial charge in [-0.25, -0.2) is 14.8 Å². The Morgan fingerprint density at radius 1 is 1.29 bits per heavy atom. The highest BCUT2D eigenvalue weighted by Crippen LogP contribution is 2.32. The molecule has 0 bridgehead atoms. The second-order valence-electron chi connectivity index (χ2n) is 6.78. The van der Waals surface area contributed by atoms with Gasteiger partial charge in [0.15, 0.2) is 0 Å². The molecule has 1 N–H and O–H groups in total. The van der Waals surface area contributed by atoms with E-state index in [0.29, 0.717) is 0 Å². The number of aromatic nitrogens is 2. The maximum atomic E-state index is 11.7. The predicted molar refractivity (Wildman–Crippen MR) is 95.2 cm³/mol. The zero-order chi connectivity index (χ0) is 18.1. The van der Waals surface area contributed by atoms with Crippen molar-refractivity contribution in [1.82, 2.24) is 14.9 Å². The largest absolute Gasteiger partial charge is 0.465 e. The standard InChI is InChI=1S/C18H22ClN3O2/c1-11-10-13(15-8-9-20-16(19)21-15)6-7-14(11)12(2)22(17(23)24)18(3,4)5/h6-10,12H,1-5H3,(H,23,24). The highest BCUT2D eigenvalue weighted by atomic mass is 35.5. The molecule has 1 atom stereocenters. The third-order valence-corrected chi connectivity index (χ3v) is 4.14. The lowest BCUT2D eigenvalue weighted by molar-refractivity contribution is 0.0751. The Morgan fingerprint density at radius 3 is 2.46 bits per heavy atom. The Bertz CT molecular complexity index is 756. The van der Waals surface area contributed by atoms with Crippen molar-refractivity contribution in [3.8, 4) is 11.3 Å². The van der Waals surface area contributed by atoms with E-state index in [1.54, 1.807) is 12.3 Å². The van der Waals surface area contributed by atoms with Gasteiger partial charge >= 0.3 is 6.09 Å². The Kier molecular flexibility index (Phi) is 5.13.